The van der Waals surface area contributed by atoms with Crippen molar-refractivity contribution in [3.63, 3.8) is 0 Å². The number of fused-ring (bicyclic) bond motifs is 1. The van der Waals surface area contributed by atoms with E-state index >= 15 is 0 Å². The van der Waals surface area contributed by atoms with Gasteiger partial charge in [0, 0.05) is 36.9 Å². The van der Waals surface area contributed by atoms with Crippen LogP contribution in [-0.4, -0.2) is 22.6 Å². The zero-order chi connectivity index (χ0) is 14.9. The molecule has 4 atom stereocenters. The van der Waals surface area contributed by atoms with E-state index in [1.807, 2.05) is 18.3 Å². The van der Waals surface area contributed by atoms with E-state index < -0.39 is 5.95 Å². The summed E-state index contributed by atoms with van der Waals surface area (Å²) in [7, 11) is 0. The Morgan fingerprint density at radius 1 is 1.14 bits per heavy atom. The van der Waals surface area contributed by atoms with Crippen LogP contribution in [0, 0.1) is 11.9 Å². The lowest BCUT2D eigenvalue weighted by Crippen LogP contribution is -2.46. The quantitative estimate of drug-likeness (QED) is 0.733. The van der Waals surface area contributed by atoms with Crippen LogP contribution in [0.5, 0.6) is 0 Å². The third-order valence-corrected chi connectivity index (χ3v) is 4.60. The normalized spacial score (nSPS) is 31.0. The topological polar surface area (TPSA) is 61.9 Å². The fourth-order valence-corrected chi connectivity index (χ4v) is 3.50. The highest BCUT2D eigenvalue weighted by atomic mass is 19.1. The average molecular weight is 299 g/mol. The van der Waals surface area contributed by atoms with Gasteiger partial charge in [-0.3, -0.25) is 10.4 Å². The van der Waals surface area contributed by atoms with Gasteiger partial charge in [0.05, 0.1) is 11.7 Å². The molecule has 2 aromatic heterocycles. The molecule has 0 spiro atoms. The number of pyridine rings is 2. The van der Waals surface area contributed by atoms with Gasteiger partial charge in [0.2, 0.25) is 5.95 Å². The minimum atomic E-state index is -0.430. The second-order valence-corrected chi connectivity index (χ2v) is 5.90. The van der Waals surface area contributed by atoms with Gasteiger partial charge in [0.25, 0.3) is 0 Å². The van der Waals surface area contributed by atoms with E-state index in [9.17, 15) is 4.39 Å². The molecule has 4 unspecified atom stereocenters. The van der Waals surface area contributed by atoms with Crippen molar-refractivity contribution in [3.05, 3.63) is 59.9 Å². The third-order valence-electron chi connectivity index (χ3n) is 4.60. The Morgan fingerprint density at radius 3 is 2.91 bits per heavy atom. The van der Waals surface area contributed by atoms with E-state index in [1.165, 1.54) is 11.6 Å². The number of nitrogens with zero attached hydrogens (tertiary/aromatic N) is 2. The molecule has 2 fully saturated rings. The molecule has 22 heavy (non-hydrogen) atoms. The molecule has 2 aliphatic heterocycles. The van der Waals surface area contributed by atoms with Gasteiger partial charge >= 0.3 is 0 Å². The summed E-state index contributed by atoms with van der Waals surface area (Å²) in [6, 6.07) is 9.65. The molecule has 0 bridgehead atoms. The number of halogens is 1. The van der Waals surface area contributed by atoms with Crippen LogP contribution in [0.25, 0.3) is 0 Å². The van der Waals surface area contributed by atoms with Crippen LogP contribution in [0.2, 0.25) is 0 Å². The molecule has 5 nitrogen and oxygen atoms in total. The molecule has 114 valence electrons. The van der Waals surface area contributed by atoms with E-state index in [-0.39, 0.29) is 12.1 Å². The Bertz CT molecular complexity index is 650. The maximum atomic E-state index is 13.4. The first-order chi connectivity index (χ1) is 10.8. The van der Waals surface area contributed by atoms with E-state index in [4.69, 9.17) is 0 Å². The van der Waals surface area contributed by atoms with Crippen molar-refractivity contribution in [1.82, 2.24) is 26.1 Å². The summed E-state index contributed by atoms with van der Waals surface area (Å²) in [5, 5.41) is 3.55. The van der Waals surface area contributed by atoms with Crippen LogP contribution in [0.1, 0.15) is 29.8 Å². The highest BCUT2D eigenvalue weighted by molar-refractivity contribution is 5.19. The standard InChI is InChI=1S/C16H18FN5/c17-15-5-1-4-12(20-15)16-11-7-13(10-3-2-6-18-8-10)19-9-14(11)21-22-16/h1-6,8,11,13-14,16,19,21-22H,7,9H2. The highest BCUT2D eigenvalue weighted by Crippen LogP contribution is 2.37. The van der Waals surface area contributed by atoms with Gasteiger partial charge in [-0.1, -0.05) is 12.1 Å². The van der Waals surface area contributed by atoms with Crippen LogP contribution in [0.3, 0.4) is 0 Å². The molecule has 0 amide bonds. The van der Waals surface area contributed by atoms with E-state index in [0.29, 0.717) is 12.0 Å². The van der Waals surface area contributed by atoms with E-state index in [1.54, 1.807) is 12.3 Å². The first-order valence-electron chi connectivity index (χ1n) is 7.58. The first-order valence-corrected chi connectivity index (χ1v) is 7.58. The molecule has 2 aliphatic rings. The predicted molar refractivity (Wildman–Crippen MR) is 80.1 cm³/mol. The summed E-state index contributed by atoms with van der Waals surface area (Å²) in [5.74, 6) is -0.0683. The summed E-state index contributed by atoms with van der Waals surface area (Å²) < 4.78 is 13.4. The molecule has 6 heteroatoms. The molecule has 0 saturated carbocycles. The number of hydrogen-bond donors (Lipinski definition) is 3. The summed E-state index contributed by atoms with van der Waals surface area (Å²) in [6.45, 7) is 0.864. The van der Waals surface area contributed by atoms with Crippen molar-refractivity contribution in [1.29, 1.82) is 0 Å². The van der Waals surface area contributed by atoms with Crippen LogP contribution >= 0.6 is 0 Å². The predicted octanol–water partition coefficient (Wildman–Crippen LogP) is 1.48. The van der Waals surface area contributed by atoms with Gasteiger partial charge in [-0.2, -0.15) is 4.39 Å². The summed E-state index contributed by atoms with van der Waals surface area (Å²) in [6.07, 6.45) is 4.65. The Kier molecular flexibility index (Phi) is 3.57. The Balaban J connectivity index is 1.57. The van der Waals surface area contributed by atoms with E-state index in [2.05, 4.69) is 32.2 Å². The molecule has 3 N–H and O–H groups in total. The summed E-state index contributed by atoms with van der Waals surface area (Å²) >= 11 is 0. The minimum absolute atomic E-state index is 0.0296. The third kappa shape index (κ3) is 2.49. The van der Waals surface area contributed by atoms with Crippen molar-refractivity contribution in [2.75, 3.05) is 6.54 Å². The lowest BCUT2D eigenvalue weighted by Gasteiger charge is -2.34. The van der Waals surface area contributed by atoms with Crippen LogP contribution in [-0.2, 0) is 0 Å². The SMILES string of the molecule is Fc1cccc(C2NNC3CNC(c4cccnc4)CC32)n1. The van der Waals surface area contributed by atoms with Gasteiger partial charge in [0.1, 0.15) is 0 Å². The fourth-order valence-electron chi connectivity index (χ4n) is 3.50. The largest absolute Gasteiger partial charge is 0.308 e. The van der Waals surface area contributed by atoms with Crippen molar-refractivity contribution in [2.45, 2.75) is 24.5 Å². The van der Waals surface area contributed by atoms with Gasteiger partial charge < -0.3 is 5.32 Å². The lowest BCUT2D eigenvalue weighted by molar-refractivity contribution is 0.264. The maximum Gasteiger partial charge on any atom is 0.213 e. The molecular formula is C16H18FN5. The molecule has 0 radical (unpaired) electrons. The maximum absolute atomic E-state index is 13.4. The number of hydrogen-bond acceptors (Lipinski definition) is 5. The number of rotatable bonds is 2. The van der Waals surface area contributed by atoms with Gasteiger partial charge in [0.15, 0.2) is 0 Å². The van der Waals surface area contributed by atoms with Gasteiger partial charge in [-0.15, -0.1) is 0 Å². The molecular weight excluding hydrogens is 281 g/mol. The van der Waals surface area contributed by atoms with Gasteiger partial charge in [-0.25, -0.2) is 10.4 Å². The average Bonchev–Trinajstić information content (AvgIpc) is 2.99. The summed E-state index contributed by atoms with van der Waals surface area (Å²) in [5.41, 5.74) is 8.54. The Hall–Kier alpha value is -1.89. The van der Waals surface area contributed by atoms with Crippen LogP contribution in [0.4, 0.5) is 4.39 Å². The lowest BCUT2D eigenvalue weighted by atomic mass is 9.81. The number of nitrogens with one attached hydrogen (secondary N) is 3. The minimum Gasteiger partial charge on any atom is -0.308 e. The Morgan fingerprint density at radius 2 is 2.09 bits per heavy atom. The number of hydrazine groups is 1. The van der Waals surface area contributed by atoms with Gasteiger partial charge in [-0.05, 0) is 30.2 Å². The van der Waals surface area contributed by atoms with Crippen molar-refractivity contribution < 1.29 is 4.39 Å². The van der Waals surface area contributed by atoms with Crippen LogP contribution < -0.4 is 16.2 Å². The second kappa shape index (κ2) is 5.72. The fraction of sp³-hybridized carbons (Fsp3) is 0.375. The second-order valence-electron chi connectivity index (χ2n) is 5.90. The molecule has 0 aliphatic carbocycles. The van der Waals surface area contributed by atoms with Crippen molar-refractivity contribution in [2.24, 2.45) is 5.92 Å². The highest BCUT2D eigenvalue weighted by Gasteiger charge is 2.41. The zero-order valence-corrected chi connectivity index (χ0v) is 12.0. The Labute approximate surface area is 128 Å². The molecule has 2 saturated heterocycles. The summed E-state index contributed by atoms with van der Waals surface area (Å²) in [4.78, 5) is 8.24. The smallest absolute Gasteiger partial charge is 0.213 e. The van der Waals surface area contributed by atoms with E-state index in [0.717, 1.165) is 18.7 Å². The number of aromatic nitrogens is 2. The molecule has 2 aromatic rings. The zero-order valence-electron chi connectivity index (χ0n) is 12.0. The van der Waals surface area contributed by atoms with Crippen molar-refractivity contribution in [3.8, 4) is 0 Å². The first kappa shape index (κ1) is 13.8. The van der Waals surface area contributed by atoms with Crippen LogP contribution in [0.15, 0.2) is 42.7 Å². The van der Waals surface area contributed by atoms with Crippen molar-refractivity contribution >= 4 is 0 Å². The molecule has 4 heterocycles. The molecule has 0 aromatic carbocycles. The molecule has 4 rings (SSSR count). The number of piperidine rings is 1. The monoisotopic (exact) mass is 299 g/mol.